The van der Waals surface area contributed by atoms with Crippen molar-refractivity contribution < 1.29 is 9.53 Å². The van der Waals surface area contributed by atoms with Crippen LogP contribution >= 0.6 is 11.6 Å². The lowest BCUT2D eigenvalue weighted by molar-refractivity contribution is 0.00159. The van der Waals surface area contributed by atoms with Crippen LogP contribution in [0.3, 0.4) is 0 Å². The van der Waals surface area contributed by atoms with Gasteiger partial charge in [0.1, 0.15) is 12.1 Å². The van der Waals surface area contributed by atoms with E-state index in [0.29, 0.717) is 28.7 Å². The molecule has 1 N–H and O–H groups in total. The largest absolute Gasteiger partial charge is 0.379 e. The number of carbonyl (C=O) groups excluding carboxylic acids is 1. The fourth-order valence-electron chi connectivity index (χ4n) is 5.17. The number of anilines is 1. The molecule has 2 fully saturated rings. The molecular weight excluding hydrogens is 512 g/mol. The number of piperidine rings is 1. The number of rotatable bonds is 5. The third-order valence-electron chi connectivity index (χ3n) is 7.40. The molecule has 1 aromatic carbocycles. The number of amides is 1. The molecule has 202 valence electrons. The molecule has 0 radical (unpaired) electrons. The number of carbonyl (C=O) groups is 1. The number of pyridine rings is 1. The minimum atomic E-state index is -0.0264. The van der Waals surface area contributed by atoms with Gasteiger partial charge in [-0.1, -0.05) is 36.4 Å². The maximum Gasteiger partial charge on any atom is 0.255 e. The third kappa shape index (κ3) is 6.22. The smallest absolute Gasteiger partial charge is 0.255 e. The van der Waals surface area contributed by atoms with Crippen LogP contribution in [0.15, 0.2) is 42.9 Å². The first-order chi connectivity index (χ1) is 19.1. The molecule has 2 aliphatic heterocycles. The first-order valence-corrected chi connectivity index (χ1v) is 13.9. The van der Waals surface area contributed by atoms with E-state index < -0.39 is 0 Å². The predicted octanol–water partition coefficient (Wildman–Crippen LogP) is 4.13. The van der Waals surface area contributed by atoms with E-state index in [4.69, 9.17) is 16.3 Å². The first kappa shape index (κ1) is 27.1. The van der Waals surface area contributed by atoms with E-state index in [0.717, 1.165) is 80.4 Å². The van der Waals surface area contributed by atoms with Gasteiger partial charge in [-0.25, -0.2) is 15.0 Å². The second-order valence-corrected chi connectivity index (χ2v) is 10.1. The lowest BCUT2D eigenvalue weighted by atomic mass is 10.00. The Morgan fingerprint density at radius 1 is 1.08 bits per heavy atom. The molecule has 4 heterocycles. The maximum atomic E-state index is 13.4. The second kappa shape index (κ2) is 12.6. The molecule has 0 aliphatic carbocycles. The summed E-state index contributed by atoms with van der Waals surface area (Å²) in [5.74, 6) is 7.20. The number of nitrogens with one attached hydrogen (secondary N) is 1. The number of ether oxygens (including phenoxy) is 1. The highest BCUT2D eigenvalue weighted by Crippen LogP contribution is 2.29. The number of hydrogen-bond acceptors (Lipinski definition) is 7. The van der Waals surface area contributed by atoms with Crippen LogP contribution in [0, 0.1) is 11.8 Å². The second-order valence-electron chi connectivity index (χ2n) is 9.70. The van der Waals surface area contributed by atoms with E-state index in [1.54, 1.807) is 18.6 Å². The van der Waals surface area contributed by atoms with E-state index in [9.17, 15) is 4.79 Å². The summed E-state index contributed by atoms with van der Waals surface area (Å²) in [5, 5.41) is 3.42. The van der Waals surface area contributed by atoms with Gasteiger partial charge in [0.2, 0.25) is 0 Å². The van der Waals surface area contributed by atoms with Crippen molar-refractivity contribution in [2.75, 3.05) is 51.8 Å². The van der Waals surface area contributed by atoms with Gasteiger partial charge in [0, 0.05) is 56.6 Å². The summed E-state index contributed by atoms with van der Waals surface area (Å²) < 4.78 is 5.48. The molecule has 0 unspecified atom stereocenters. The zero-order valence-corrected chi connectivity index (χ0v) is 23.2. The summed E-state index contributed by atoms with van der Waals surface area (Å²) in [7, 11) is 1.83. The summed E-state index contributed by atoms with van der Waals surface area (Å²) in [6, 6.07) is 9.83. The van der Waals surface area contributed by atoms with Crippen molar-refractivity contribution in [2.45, 2.75) is 32.2 Å². The normalized spacial score (nSPS) is 16.4. The first-order valence-electron chi connectivity index (χ1n) is 13.5. The lowest BCUT2D eigenvalue weighted by Gasteiger charge is -2.40. The van der Waals surface area contributed by atoms with E-state index >= 15 is 0 Å². The fourth-order valence-corrected chi connectivity index (χ4v) is 5.43. The molecule has 2 aliphatic rings. The van der Waals surface area contributed by atoms with Gasteiger partial charge in [0.15, 0.2) is 0 Å². The number of benzene rings is 1. The zero-order valence-electron chi connectivity index (χ0n) is 22.4. The molecule has 2 saturated heterocycles. The summed E-state index contributed by atoms with van der Waals surface area (Å²) in [5.41, 5.74) is 4.40. The number of morpholine rings is 1. The van der Waals surface area contributed by atoms with Gasteiger partial charge in [-0.3, -0.25) is 9.69 Å². The highest BCUT2D eigenvalue weighted by atomic mass is 35.5. The van der Waals surface area contributed by atoms with Crippen molar-refractivity contribution in [3.8, 4) is 23.1 Å². The van der Waals surface area contributed by atoms with Gasteiger partial charge in [-0.15, -0.1) is 0 Å². The van der Waals surface area contributed by atoms with Gasteiger partial charge >= 0.3 is 0 Å². The molecule has 9 heteroatoms. The Hall–Kier alpha value is -3.51. The quantitative estimate of drug-likeness (QED) is 0.483. The van der Waals surface area contributed by atoms with Crippen molar-refractivity contribution in [1.29, 1.82) is 0 Å². The van der Waals surface area contributed by atoms with Crippen LogP contribution in [-0.4, -0.2) is 83.1 Å². The lowest BCUT2D eigenvalue weighted by Crippen LogP contribution is -2.50. The molecule has 0 saturated carbocycles. The standard InChI is InChI=1S/C30H33ClN6O2/c1-3-27-25(7-4-21-5-9-28(32-2)33-19-21)29(35-20-34-27)22-6-8-24(26(31)18-22)30(38)37-12-10-23(11-13-37)36-14-16-39-17-15-36/h5-6,8-9,18-20,23H,3,10-17H2,1-2H3,(H,32,33). The molecule has 8 nitrogen and oxygen atoms in total. The minimum absolute atomic E-state index is 0.0264. The third-order valence-corrected chi connectivity index (χ3v) is 7.71. The van der Waals surface area contributed by atoms with Gasteiger partial charge in [0.05, 0.1) is 40.8 Å². The topological polar surface area (TPSA) is 83.5 Å². The molecule has 39 heavy (non-hydrogen) atoms. The number of aromatic nitrogens is 3. The average Bonchev–Trinajstić information content (AvgIpc) is 3.00. The van der Waals surface area contributed by atoms with Crippen LogP contribution < -0.4 is 5.32 Å². The van der Waals surface area contributed by atoms with Crippen LogP contribution in [0.25, 0.3) is 11.3 Å². The highest BCUT2D eigenvalue weighted by Gasteiger charge is 2.29. The van der Waals surface area contributed by atoms with Crippen molar-refractivity contribution in [3.05, 3.63) is 70.3 Å². The van der Waals surface area contributed by atoms with Crippen LogP contribution in [0.4, 0.5) is 5.82 Å². The minimum Gasteiger partial charge on any atom is -0.379 e. The Morgan fingerprint density at radius 3 is 2.54 bits per heavy atom. The number of hydrogen-bond donors (Lipinski definition) is 1. The number of aryl methyl sites for hydroxylation is 1. The number of nitrogens with zero attached hydrogens (tertiary/aromatic N) is 5. The monoisotopic (exact) mass is 544 g/mol. The zero-order chi connectivity index (χ0) is 27.2. The molecule has 0 bridgehead atoms. The van der Waals surface area contributed by atoms with Crippen molar-refractivity contribution in [2.24, 2.45) is 0 Å². The van der Waals surface area contributed by atoms with Crippen LogP contribution in [0.2, 0.25) is 5.02 Å². The molecule has 2 aromatic heterocycles. The van der Waals surface area contributed by atoms with Gasteiger partial charge in [-0.05, 0) is 43.5 Å². The van der Waals surface area contributed by atoms with Crippen LogP contribution in [0.5, 0.6) is 0 Å². The van der Waals surface area contributed by atoms with E-state index in [1.165, 1.54) is 0 Å². The van der Waals surface area contributed by atoms with Crippen molar-refractivity contribution in [3.63, 3.8) is 0 Å². The molecule has 1 amide bonds. The molecule has 0 spiro atoms. The number of likely N-dealkylation sites (tertiary alicyclic amines) is 1. The Balaban J connectivity index is 1.34. The van der Waals surface area contributed by atoms with Crippen LogP contribution in [0.1, 0.15) is 46.9 Å². The summed E-state index contributed by atoms with van der Waals surface area (Å²) in [6.07, 6.45) is 5.93. The van der Waals surface area contributed by atoms with Crippen molar-refractivity contribution in [1.82, 2.24) is 24.8 Å². The van der Waals surface area contributed by atoms with Crippen molar-refractivity contribution >= 4 is 23.3 Å². The Kier molecular flexibility index (Phi) is 8.72. The van der Waals surface area contributed by atoms with E-state index in [2.05, 4.69) is 37.0 Å². The summed E-state index contributed by atoms with van der Waals surface area (Å²) in [4.78, 5) is 31.1. The maximum absolute atomic E-state index is 13.4. The average molecular weight is 545 g/mol. The van der Waals surface area contributed by atoms with E-state index in [1.807, 2.05) is 43.1 Å². The van der Waals surface area contributed by atoms with Gasteiger partial charge in [-0.2, -0.15) is 0 Å². The molecule has 3 aromatic rings. The summed E-state index contributed by atoms with van der Waals surface area (Å²) >= 11 is 6.71. The van der Waals surface area contributed by atoms with E-state index in [-0.39, 0.29) is 5.91 Å². The fraction of sp³-hybridized carbons (Fsp3) is 0.400. The highest BCUT2D eigenvalue weighted by molar-refractivity contribution is 6.34. The summed E-state index contributed by atoms with van der Waals surface area (Å²) in [6.45, 7) is 7.03. The SMILES string of the molecule is CCc1ncnc(-c2ccc(C(=O)N3CCC(N4CCOCC4)CC3)c(Cl)c2)c1C#Cc1ccc(NC)nc1. The van der Waals surface area contributed by atoms with Gasteiger partial charge < -0.3 is 15.0 Å². The Morgan fingerprint density at radius 2 is 1.87 bits per heavy atom. The molecule has 0 atom stereocenters. The molecular formula is C30H33ClN6O2. The van der Waals surface area contributed by atoms with Crippen LogP contribution in [-0.2, 0) is 11.2 Å². The molecule has 5 rings (SSSR count). The Labute approximate surface area is 234 Å². The Bertz CT molecular complexity index is 1370. The predicted molar refractivity (Wildman–Crippen MR) is 153 cm³/mol. The van der Waals surface area contributed by atoms with Gasteiger partial charge in [0.25, 0.3) is 5.91 Å². The number of halogens is 1.